The number of thiol groups is 1. The van der Waals surface area contributed by atoms with Crippen molar-refractivity contribution in [1.29, 1.82) is 0 Å². The Kier molecular flexibility index (Phi) is 6.71. The van der Waals surface area contributed by atoms with Crippen molar-refractivity contribution in [3.05, 3.63) is 65.7 Å². The standard InChI is InChI=1S/C21H23N3O3S/c25-19(14-22-20(26)15-6-2-1-3-7-15)24-12-10-16(11-13-24)23-21(27)17-8-4-5-9-18(17)28/h1-9,16,28H,10-14H2,(H,22,26)(H,23,27). The molecule has 1 aliphatic rings. The van der Waals surface area contributed by atoms with Crippen LogP contribution >= 0.6 is 12.6 Å². The molecular weight excluding hydrogens is 374 g/mol. The molecule has 1 aliphatic heterocycles. The van der Waals surface area contributed by atoms with E-state index in [9.17, 15) is 14.4 Å². The number of nitrogens with zero attached hydrogens (tertiary/aromatic N) is 1. The van der Waals surface area contributed by atoms with E-state index in [0.29, 0.717) is 42.0 Å². The zero-order valence-electron chi connectivity index (χ0n) is 15.4. The van der Waals surface area contributed by atoms with Crippen molar-refractivity contribution < 1.29 is 14.4 Å². The van der Waals surface area contributed by atoms with E-state index in [2.05, 4.69) is 23.3 Å². The van der Waals surface area contributed by atoms with Crippen molar-refractivity contribution in [1.82, 2.24) is 15.5 Å². The van der Waals surface area contributed by atoms with Gasteiger partial charge in [0.1, 0.15) is 0 Å². The van der Waals surface area contributed by atoms with Gasteiger partial charge in [0, 0.05) is 29.6 Å². The summed E-state index contributed by atoms with van der Waals surface area (Å²) in [6.45, 7) is 1.07. The predicted octanol–water partition coefficient (Wildman–Crippen LogP) is 2.13. The molecule has 2 aromatic carbocycles. The van der Waals surface area contributed by atoms with E-state index < -0.39 is 0 Å². The summed E-state index contributed by atoms with van der Waals surface area (Å²) in [5, 5.41) is 5.67. The molecule has 0 atom stereocenters. The Bertz CT molecular complexity index is 849. The zero-order valence-corrected chi connectivity index (χ0v) is 16.3. The van der Waals surface area contributed by atoms with E-state index in [-0.39, 0.29) is 30.3 Å². The molecule has 0 saturated carbocycles. The first-order valence-electron chi connectivity index (χ1n) is 9.24. The van der Waals surface area contributed by atoms with Gasteiger partial charge < -0.3 is 15.5 Å². The van der Waals surface area contributed by atoms with Gasteiger partial charge in [-0.15, -0.1) is 12.6 Å². The van der Waals surface area contributed by atoms with E-state index in [1.807, 2.05) is 12.1 Å². The fraction of sp³-hybridized carbons (Fsp3) is 0.286. The van der Waals surface area contributed by atoms with E-state index in [1.165, 1.54) is 0 Å². The second kappa shape index (κ2) is 9.41. The number of benzene rings is 2. The van der Waals surface area contributed by atoms with Gasteiger partial charge in [-0.05, 0) is 37.1 Å². The maximum absolute atomic E-state index is 12.4. The minimum absolute atomic E-state index is 0.0170. The highest BCUT2D eigenvalue weighted by molar-refractivity contribution is 7.80. The van der Waals surface area contributed by atoms with Gasteiger partial charge in [0.25, 0.3) is 11.8 Å². The van der Waals surface area contributed by atoms with Gasteiger partial charge in [-0.2, -0.15) is 0 Å². The number of likely N-dealkylation sites (tertiary alicyclic amines) is 1. The number of nitrogens with one attached hydrogen (secondary N) is 2. The first kappa shape index (κ1) is 19.9. The van der Waals surface area contributed by atoms with Gasteiger partial charge in [0.2, 0.25) is 5.91 Å². The van der Waals surface area contributed by atoms with Crippen molar-refractivity contribution in [2.45, 2.75) is 23.8 Å². The Labute approximate surface area is 169 Å². The molecule has 7 heteroatoms. The Morgan fingerprint density at radius 3 is 2.25 bits per heavy atom. The fourth-order valence-corrected chi connectivity index (χ4v) is 3.42. The topological polar surface area (TPSA) is 78.5 Å². The van der Waals surface area contributed by atoms with Crippen LogP contribution in [0, 0.1) is 0 Å². The number of piperidine rings is 1. The van der Waals surface area contributed by atoms with Crippen LogP contribution < -0.4 is 10.6 Å². The SMILES string of the molecule is O=C(NCC(=O)N1CCC(NC(=O)c2ccccc2S)CC1)c1ccccc1. The predicted molar refractivity (Wildman–Crippen MR) is 110 cm³/mol. The molecule has 0 bridgehead atoms. The molecule has 28 heavy (non-hydrogen) atoms. The molecule has 0 aliphatic carbocycles. The zero-order chi connectivity index (χ0) is 19.9. The highest BCUT2D eigenvalue weighted by Crippen LogP contribution is 2.15. The average molecular weight is 398 g/mol. The highest BCUT2D eigenvalue weighted by Gasteiger charge is 2.24. The van der Waals surface area contributed by atoms with Crippen molar-refractivity contribution in [2.75, 3.05) is 19.6 Å². The molecule has 3 rings (SSSR count). The van der Waals surface area contributed by atoms with E-state index in [0.717, 1.165) is 0 Å². The molecule has 1 fully saturated rings. The molecule has 1 heterocycles. The van der Waals surface area contributed by atoms with E-state index >= 15 is 0 Å². The number of amides is 3. The van der Waals surface area contributed by atoms with Gasteiger partial charge in [0.15, 0.2) is 0 Å². The molecule has 0 aromatic heterocycles. The second-order valence-electron chi connectivity index (χ2n) is 6.69. The Morgan fingerprint density at radius 2 is 1.57 bits per heavy atom. The van der Waals surface area contributed by atoms with Crippen molar-refractivity contribution in [3.8, 4) is 0 Å². The van der Waals surface area contributed by atoms with Crippen LogP contribution in [0.2, 0.25) is 0 Å². The lowest BCUT2D eigenvalue weighted by molar-refractivity contribution is -0.131. The van der Waals surface area contributed by atoms with Crippen LogP contribution in [-0.4, -0.2) is 48.3 Å². The number of carbonyl (C=O) groups excluding carboxylic acids is 3. The molecule has 146 valence electrons. The average Bonchev–Trinajstić information content (AvgIpc) is 2.73. The van der Waals surface area contributed by atoms with Gasteiger partial charge in [-0.3, -0.25) is 14.4 Å². The van der Waals surface area contributed by atoms with Crippen LogP contribution in [0.4, 0.5) is 0 Å². The maximum Gasteiger partial charge on any atom is 0.252 e. The van der Waals surface area contributed by atoms with E-state index in [4.69, 9.17) is 0 Å². The van der Waals surface area contributed by atoms with Gasteiger partial charge in [0.05, 0.1) is 12.1 Å². The summed E-state index contributed by atoms with van der Waals surface area (Å²) >= 11 is 4.31. The van der Waals surface area contributed by atoms with Crippen LogP contribution in [-0.2, 0) is 4.79 Å². The third-order valence-electron chi connectivity index (χ3n) is 4.77. The summed E-state index contributed by atoms with van der Waals surface area (Å²) in [6.07, 6.45) is 1.36. The highest BCUT2D eigenvalue weighted by atomic mass is 32.1. The second-order valence-corrected chi connectivity index (χ2v) is 7.18. The van der Waals surface area contributed by atoms with E-state index in [1.54, 1.807) is 47.4 Å². The quantitative estimate of drug-likeness (QED) is 0.677. The summed E-state index contributed by atoms with van der Waals surface area (Å²) in [6, 6.07) is 16.0. The van der Waals surface area contributed by atoms with Crippen LogP contribution in [0.1, 0.15) is 33.6 Å². The molecule has 1 saturated heterocycles. The maximum atomic E-state index is 12.4. The largest absolute Gasteiger partial charge is 0.349 e. The summed E-state index contributed by atoms with van der Waals surface area (Å²) in [7, 11) is 0. The Morgan fingerprint density at radius 1 is 0.929 bits per heavy atom. The minimum atomic E-state index is -0.262. The minimum Gasteiger partial charge on any atom is -0.349 e. The Balaban J connectivity index is 1.43. The molecule has 2 aromatic rings. The van der Waals surface area contributed by atoms with Crippen LogP contribution in [0.25, 0.3) is 0 Å². The molecular formula is C21H23N3O3S. The summed E-state index contributed by atoms with van der Waals surface area (Å²) in [4.78, 5) is 39.1. The van der Waals surface area contributed by atoms with Crippen molar-refractivity contribution >= 4 is 30.4 Å². The van der Waals surface area contributed by atoms with Crippen molar-refractivity contribution in [2.24, 2.45) is 0 Å². The van der Waals surface area contributed by atoms with Crippen LogP contribution in [0.5, 0.6) is 0 Å². The molecule has 3 amide bonds. The first-order valence-corrected chi connectivity index (χ1v) is 9.69. The number of hydrogen-bond acceptors (Lipinski definition) is 4. The first-order chi connectivity index (χ1) is 13.5. The van der Waals surface area contributed by atoms with Crippen LogP contribution in [0.15, 0.2) is 59.5 Å². The number of carbonyl (C=O) groups is 3. The fourth-order valence-electron chi connectivity index (χ4n) is 3.16. The monoisotopic (exact) mass is 397 g/mol. The third kappa shape index (κ3) is 5.13. The van der Waals surface area contributed by atoms with Crippen molar-refractivity contribution in [3.63, 3.8) is 0 Å². The molecule has 0 unspecified atom stereocenters. The Hall–Kier alpha value is -2.80. The molecule has 0 spiro atoms. The lowest BCUT2D eigenvalue weighted by Crippen LogP contribution is -2.49. The smallest absolute Gasteiger partial charge is 0.252 e. The molecule has 2 N–H and O–H groups in total. The van der Waals surface area contributed by atoms with Gasteiger partial charge >= 0.3 is 0 Å². The normalized spacial score (nSPS) is 14.4. The lowest BCUT2D eigenvalue weighted by atomic mass is 10.0. The van der Waals surface area contributed by atoms with Crippen LogP contribution in [0.3, 0.4) is 0 Å². The molecule has 6 nitrogen and oxygen atoms in total. The summed E-state index contributed by atoms with van der Waals surface area (Å²) < 4.78 is 0. The molecule has 0 radical (unpaired) electrons. The van der Waals surface area contributed by atoms with Gasteiger partial charge in [-0.1, -0.05) is 30.3 Å². The lowest BCUT2D eigenvalue weighted by Gasteiger charge is -2.32. The third-order valence-corrected chi connectivity index (χ3v) is 5.16. The number of rotatable bonds is 5. The summed E-state index contributed by atoms with van der Waals surface area (Å²) in [5.41, 5.74) is 1.08. The summed E-state index contributed by atoms with van der Waals surface area (Å²) in [5.74, 6) is -0.526. The number of hydrogen-bond donors (Lipinski definition) is 3. The van der Waals surface area contributed by atoms with Gasteiger partial charge in [-0.25, -0.2) is 0 Å².